The maximum absolute atomic E-state index is 11.6. The molecular formula is C12H24N2O2. The fraction of sp³-hybridized carbons (Fsp3) is 0.917. The summed E-state index contributed by atoms with van der Waals surface area (Å²) in [7, 11) is 1.62. The molecule has 0 spiro atoms. The molecule has 1 fully saturated rings. The van der Waals surface area contributed by atoms with E-state index >= 15 is 0 Å². The second-order valence-electron chi connectivity index (χ2n) is 4.92. The van der Waals surface area contributed by atoms with Gasteiger partial charge < -0.3 is 15.8 Å². The fourth-order valence-corrected chi connectivity index (χ4v) is 2.26. The lowest BCUT2D eigenvalue weighted by Gasteiger charge is -2.14. The highest BCUT2D eigenvalue weighted by Crippen LogP contribution is 2.29. The Morgan fingerprint density at radius 3 is 2.88 bits per heavy atom. The highest BCUT2D eigenvalue weighted by molar-refractivity contribution is 5.81. The summed E-state index contributed by atoms with van der Waals surface area (Å²) in [6.07, 6.45) is 4.34. The van der Waals surface area contributed by atoms with Gasteiger partial charge in [0.2, 0.25) is 5.91 Å². The molecule has 0 aromatic rings. The standard InChI is InChI=1S/C12H24N2O2/c1-9-3-4-10(7-9)8-14-12(15)11(13)5-6-16-2/h9-11H,3-8,13H2,1-2H3,(H,14,15). The SMILES string of the molecule is COCCC(N)C(=O)NCC1CCC(C)C1. The van der Waals surface area contributed by atoms with Crippen LogP contribution in [0, 0.1) is 11.8 Å². The van der Waals surface area contributed by atoms with Crippen molar-refractivity contribution < 1.29 is 9.53 Å². The molecule has 0 heterocycles. The van der Waals surface area contributed by atoms with Gasteiger partial charge in [0.15, 0.2) is 0 Å². The van der Waals surface area contributed by atoms with Crippen molar-refractivity contribution in [1.29, 1.82) is 0 Å². The predicted octanol–water partition coefficient (Wildman–Crippen LogP) is 0.903. The van der Waals surface area contributed by atoms with Crippen LogP contribution in [0.2, 0.25) is 0 Å². The predicted molar refractivity (Wildman–Crippen MR) is 64.0 cm³/mol. The Balaban J connectivity index is 2.14. The molecule has 94 valence electrons. The average Bonchev–Trinajstić information content (AvgIpc) is 2.68. The number of nitrogens with one attached hydrogen (secondary N) is 1. The lowest BCUT2D eigenvalue weighted by atomic mass is 10.1. The Bertz CT molecular complexity index is 221. The van der Waals surface area contributed by atoms with Crippen LogP contribution in [0.3, 0.4) is 0 Å². The normalized spacial score (nSPS) is 26.7. The summed E-state index contributed by atoms with van der Waals surface area (Å²) in [4.78, 5) is 11.6. The van der Waals surface area contributed by atoms with Crippen molar-refractivity contribution in [2.75, 3.05) is 20.3 Å². The van der Waals surface area contributed by atoms with Crippen molar-refractivity contribution in [3.63, 3.8) is 0 Å². The summed E-state index contributed by atoms with van der Waals surface area (Å²) in [6.45, 7) is 3.59. The number of amides is 1. The van der Waals surface area contributed by atoms with Crippen molar-refractivity contribution in [2.45, 2.75) is 38.6 Å². The van der Waals surface area contributed by atoms with Gasteiger partial charge >= 0.3 is 0 Å². The molecule has 4 heteroatoms. The van der Waals surface area contributed by atoms with Crippen molar-refractivity contribution >= 4 is 5.91 Å². The number of carbonyl (C=O) groups excluding carboxylic acids is 1. The molecule has 1 aliphatic carbocycles. The summed E-state index contributed by atoms with van der Waals surface area (Å²) in [5.74, 6) is 1.41. The van der Waals surface area contributed by atoms with Crippen LogP contribution in [0.15, 0.2) is 0 Å². The molecule has 3 unspecified atom stereocenters. The van der Waals surface area contributed by atoms with Gasteiger partial charge in [-0.25, -0.2) is 0 Å². The Kier molecular flexibility index (Phi) is 5.77. The zero-order valence-electron chi connectivity index (χ0n) is 10.4. The molecule has 4 nitrogen and oxygen atoms in total. The van der Waals surface area contributed by atoms with Gasteiger partial charge in [-0.2, -0.15) is 0 Å². The minimum Gasteiger partial charge on any atom is -0.385 e. The van der Waals surface area contributed by atoms with E-state index in [2.05, 4.69) is 12.2 Å². The van der Waals surface area contributed by atoms with E-state index < -0.39 is 6.04 Å². The van der Waals surface area contributed by atoms with Crippen LogP contribution in [0.1, 0.15) is 32.6 Å². The van der Waals surface area contributed by atoms with E-state index in [9.17, 15) is 4.79 Å². The van der Waals surface area contributed by atoms with Gasteiger partial charge in [-0.3, -0.25) is 4.79 Å². The van der Waals surface area contributed by atoms with Gasteiger partial charge in [-0.1, -0.05) is 13.3 Å². The molecule has 0 bridgehead atoms. The van der Waals surface area contributed by atoms with Crippen LogP contribution in [0.4, 0.5) is 0 Å². The second kappa shape index (κ2) is 6.86. The molecule has 16 heavy (non-hydrogen) atoms. The molecule has 1 amide bonds. The first kappa shape index (κ1) is 13.5. The summed E-state index contributed by atoms with van der Waals surface area (Å²) in [6, 6.07) is -0.432. The van der Waals surface area contributed by atoms with Crippen LogP contribution in [0.25, 0.3) is 0 Å². The zero-order chi connectivity index (χ0) is 12.0. The molecular weight excluding hydrogens is 204 g/mol. The number of methoxy groups -OCH3 is 1. The number of ether oxygens (including phenoxy) is 1. The third kappa shape index (κ3) is 4.49. The highest BCUT2D eigenvalue weighted by atomic mass is 16.5. The number of carbonyl (C=O) groups is 1. The van der Waals surface area contributed by atoms with Crippen LogP contribution in [-0.2, 0) is 9.53 Å². The number of rotatable bonds is 6. The van der Waals surface area contributed by atoms with Crippen molar-refractivity contribution in [2.24, 2.45) is 17.6 Å². The van der Waals surface area contributed by atoms with Crippen molar-refractivity contribution in [1.82, 2.24) is 5.32 Å². The Morgan fingerprint density at radius 1 is 1.56 bits per heavy atom. The highest BCUT2D eigenvalue weighted by Gasteiger charge is 2.22. The van der Waals surface area contributed by atoms with Gasteiger partial charge in [0.1, 0.15) is 0 Å². The van der Waals surface area contributed by atoms with E-state index in [4.69, 9.17) is 10.5 Å². The van der Waals surface area contributed by atoms with Crippen molar-refractivity contribution in [3.05, 3.63) is 0 Å². The van der Waals surface area contributed by atoms with Gasteiger partial charge in [-0.15, -0.1) is 0 Å². The molecule has 0 radical (unpaired) electrons. The Labute approximate surface area is 97.9 Å². The first-order valence-electron chi connectivity index (χ1n) is 6.15. The van der Waals surface area contributed by atoms with Crippen LogP contribution in [0.5, 0.6) is 0 Å². The maximum atomic E-state index is 11.6. The Morgan fingerprint density at radius 2 is 2.31 bits per heavy atom. The first-order chi connectivity index (χ1) is 7.63. The molecule has 1 rings (SSSR count). The molecule has 1 saturated carbocycles. The molecule has 3 atom stereocenters. The van der Waals surface area contributed by atoms with E-state index in [0.29, 0.717) is 18.9 Å². The molecule has 1 aliphatic rings. The molecule has 0 aromatic heterocycles. The number of hydrogen-bond acceptors (Lipinski definition) is 3. The second-order valence-corrected chi connectivity index (χ2v) is 4.92. The monoisotopic (exact) mass is 228 g/mol. The largest absolute Gasteiger partial charge is 0.385 e. The molecule has 0 aliphatic heterocycles. The minimum atomic E-state index is -0.432. The topological polar surface area (TPSA) is 64.3 Å². The third-order valence-electron chi connectivity index (χ3n) is 3.34. The smallest absolute Gasteiger partial charge is 0.237 e. The number of nitrogens with two attached hydrogens (primary N) is 1. The quantitative estimate of drug-likeness (QED) is 0.710. The first-order valence-corrected chi connectivity index (χ1v) is 6.15. The average molecular weight is 228 g/mol. The van der Waals surface area contributed by atoms with E-state index in [0.717, 1.165) is 12.5 Å². The Hall–Kier alpha value is -0.610. The summed E-state index contributed by atoms with van der Waals surface area (Å²) >= 11 is 0. The molecule has 0 aromatic carbocycles. The fourth-order valence-electron chi connectivity index (χ4n) is 2.26. The summed E-state index contributed by atoms with van der Waals surface area (Å²) in [5.41, 5.74) is 5.72. The van der Waals surface area contributed by atoms with Crippen molar-refractivity contribution in [3.8, 4) is 0 Å². The molecule has 0 saturated heterocycles. The lowest BCUT2D eigenvalue weighted by molar-refractivity contribution is -0.122. The minimum absolute atomic E-state index is 0.0448. The summed E-state index contributed by atoms with van der Waals surface area (Å²) in [5, 5.41) is 2.93. The van der Waals surface area contributed by atoms with Gasteiger partial charge in [0.25, 0.3) is 0 Å². The van der Waals surface area contributed by atoms with Gasteiger partial charge in [0.05, 0.1) is 6.04 Å². The maximum Gasteiger partial charge on any atom is 0.237 e. The number of hydrogen-bond donors (Lipinski definition) is 2. The van der Waals surface area contributed by atoms with Crippen LogP contribution in [-0.4, -0.2) is 32.2 Å². The van der Waals surface area contributed by atoms with Crippen LogP contribution >= 0.6 is 0 Å². The molecule has 3 N–H and O–H groups in total. The van der Waals surface area contributed by atoms with E-state index in [1.165, 1.54) is 19.3 Å². The van der Waals surface area contributed by atoms with Gasteiger partial charge in [0, 0.05) is 20.3 Å². The van der Waals surface area contributed by atoms with E-state index in [1.54, 1.807) is 7.11 Å². The zero-order valence-corrected chi connectivity index (χ0v) is 10.4. The third-order valence-corrected chi connectivity index (χ3v) is 3.34. The van der Waals surface area contributed by atoms with E-state index in [-0.39, 0.29) is 5.91 Å². The summed E-state index contributed by atoms with van der Waals surface area (Å²) < 4.78 is 4.89. The van der Waals surface area contributed by atoms with E-state index in [1.807, 2.05) is 0 Å². The van der Waals surface area contributed by atoms with Crippen LogP contribution < -0.4 is 11.1 Å². The van der Waals surface area contributed by atoms with Gasteiger partial charge in [-0.05, 0) is 31.1 Å². The lowest BCUT2D eigenvalue weighted by Crippen LogP contribution is -2.42.